The lowest BCUT2D eigenvalue weighted by Gasteiger charge is -2.19. The molecule has 0 aliphatic heterocycles. The molecule has 1 unspecified atom stereocenters. The van der Waals surface area contributed by atoms with Crippen molar-refractivity contribution in [1.82, 2.24) is 0 Å². The molecule has 1 atom stereocenters. The van der Waals surface area contributed by atoms with E-state index in [4.69, 9.17) is 0 Å². The number of hydrogen-bond donors (Lipinski definition) is 0. The maximum absolute atomic E-state index is 10.3. The first-order valence-electron chi connectivity index (χ1n) is 4.80. The monoisotopic (exact) mass is 157 g/mol. The standard InChI is InChI=1S/C10H21O/c1-4-6-10(9(2)3)7-5-8-11/h9-10H,4-8H2,1-3H3. The van der Waals surface area contributed by atoms with Gasteiger partial charge < -0.3 is 0 Å². The number of rotatable bonds is 6. The van der Waals surface area contributed by atoms with E-state index in [9.17, 15) is 5.11 Å². The van der Waals surface area contributed by atoms with E-state index in [0.717, 1.165) is 24.7 Å². The number of hydrogen-bond acceptors (Lipinski definition) is 0. The Morgan fingerprint density at radius 1 is 1.18 bits per heavy atom. The van der Waals surface area contributed by atoms with Gasteiger partial charge in [0.25, 0.3) is 0 Å². The van der Waals surface area contributed by atoms with Crippen LogP contribution in [0.5, 0.6) is 0 Å². The van der Waals surface area contributed by atoms with Crippen molar-refractivity contribution in [3.63, 3.8) is 0 Å². The van der Waals surface area contributed by atoms with Gasteiger partial charge in [-0.05, 0) is 24.7 Å². The minimum Gasteiger partial charge on any atom is -0.237 e. The van der Waals surface area contributed by atoms with E-state index >= 15 is 0 Å². The van der Waals surface area contributed by atoms with E-state index in [1.807, 2.05) is 0 Å². The fraction of sp³-hybridized carbons (Fsp3) is 1.00. The lowest BCUT2D eigenvalue weighted by atomic mass is 9.87. The van der Waals surface area contributed by atoms with Gasteiger partial charge >= 0.3 is 0 Å². The van der Waals surface area contributed by atoms with Crippen molar-refractivity contribution in [1.29, 1.82) is 0 Å². The van der Waals surface area contributed by atoms with Crippen LogP contribution in [0, 0.1) is 11.8 Å². The van der Waals surface area contributed by atoms with Gasteiger partial charge in [-0.15, -0.1) is 0 Å². The third kappa shape index (κ3) is 5.25. The molecule has 0 aromatic heterocycles. The minimum atomic E-state index is 0.104. The third-order valence-corrected chi connectivity index (χ3v) is 2.32. The summed E-state index contributed by atoms with van der Waals surface area (Å²) in [7, 11) is 0. The summed E-state index contributed by atoms with van der Waals surface area (Å²) < 4.78 is 0. The van der Waals surface area contributed by atoms with Crippen molar-refractivity contribution in [3.05, 3.63) is 0 Å². The molecule has 0 saturated carbocycles. The highest BCUT2D eigenvalue weighted by Crippen LogP contribution is 2.21. The van der Waals surface area contributed by atoms with Crippen molar-refractivity contribution < 1.29 is 5.11 Å². The lowest BCUT2D eigenvalue weighted by Crippen LogP contribution is -2.08. The summed E-state index contributed by atoms with van der Waals surface area (Å²) in [5, 5.41) is 10.3. The molecule has 67 valence electrons. The van der Waals surface area contributed by atoms with Gasteiger partial charge in [0.05, 0.1) is 6.61 Å². The maximum Gasteiger partial charge on any atom is 0.0822 e. The molecule has 0 saturated heterocycles. The van der Waals surface area contributed by atoms with Crippen molar-refractivity contribution in [2.75, 3.05) is 6.61 Å². The molecule has 0 rings (SSSR count). The second-order valence-corrected chi connectivity index (χ2v) is 3.64. The Kier molecular flexibility index (Phi) is 6.63. The van der Waals surface area contributed by atoms with E-state index in [-0.39, 0.29) is 6.61 Å². The molecule has 1 nitrogen and oxygen atoms in total. The van der Waals surface area contributed by atoms with Crippen molar-refractivity contribution >= 4 is 0 Å². The molecular formula is C10H21O. The Morgan fingerprint density at radius 2 is 1.82 bits per heavy atom. The predicted octanol–water partition coefficient (Wildman–Crippen LogP) is 3.27. The molecule has 1 heteroatoms. The second kappa shape index (κ2) is 6.66. The SMILES string of the molecule is CCCC(CCC[O])C(C)C. The first-order chi connectivity index (χ1) is 5.22. The van der Waals surface area contributed by atoms with Crippen LogP contribution in [-0.2, 0) is 5.11 Å². The summed E-state index contributed by atoms with van der Waals surface area (Å²) in [5.41, 5.74) is 0. The van der Waals surface area contributed by atoms with E-state index in [1.54, 1.807) is 0 Å². The quantitative estimate of drug-likeness (QED) is 0.564. The fourth-order valence-corrected chi connectivity index (χ4v) is 1.53. The molecule has 0 fully saturated rings. The van der Waals surface area contributed by atoms with Gasteiger partial charge in [-0.2, -0.15) is 0 Å². The lowest BCUT2D eigenvalue weighted by molar-refractivity contribution is 0.173. The second-order valence-electron chi connectivity index (χ2n) is 3.64. The first-order valence-corrected chi connectivity index (χ1v) is 4.80. The highest BCUT2D eigenvalue weighted by molar-refractivity contribution is 4.62. The molecule has 0 heterocycles. The highest BCUT2D eigenvalue weighted by atomic mass is 16.2. The van der Waals surface area contributed by atoms with Gasteiger partial charge in [0.1, 0.15) is 0 Å². The smallest absolute Gasteiger partial charge is 0.0822 e. The van der Waals surface area contributed by atoms with Crippen molar-refractivity contribution in [2.45, 2.75) is 46.5 Å². The molecule has 0 amide bonds. The summed E-state index contributed by atoms with van der Waals surface area (Å²) in [6, 6.07) is 0. The summed E-state index contributed by atoms with van der Waals surface area (Å²) >= 11 is 0. The van der Waals surface area contributed by atoms with Gasteiger partial charge in [0.2, 0.25) is 0 Å². The van der Waals surface area contributed by atoms with Crippen LogP contribution in [0.4, 0.5) is 0 Å². The third-order valence-electron chi connectivity index (χ3n) is 2.32. The molecule has 0 N–H and O–H groups in total. The Bertz CT molecular complexity index is 78.9. The normalized spacial score (nSPS) is 13.9. The van der Waals surface area contributed by atoms with E-state index < -0.39 is 0 Å². The van der Waals surface area contributed by atoms with Gasteiger partial charge in [-0.1, -0.05) is 33.6 Å². The Morgan fingerprint density at radius 3 is 2.18 bits per heavy atom. The van der Waals surface area contributed by atoms with Gasteiger partial charge in [-0.25, -0.2) is 5.11 Å². The van der Waals surface area contributed by atoms with Crippen molar-refractivity contribution in [3.8, 4) is 0 Å². The molecular weight excluding hydrogens is 136 g/mol. The summed E-state index contributed by atoms with van der Waals surface area (Å²) in [6.45, 7) is 6.83. The molecule has 0 aliphatic carbocycles. The zero-order chi connectivity index (χ0) is 8.69. The molecule has 1 radical (unpaired) electrons. The Labute approximate surface area is 70.8 Å². The maximum atomic E-state index is 10.3. The van der Waals surface area contributed by atoms with Crippen LogP contribution in [0.1, 0.15) is 46.5 Å². The van der Waals surface area contributed by atoms with Crippen LogP contribution in [0.15, 0.2) is 0 Å². The van der Waals surface area contributed by atoms with Crippen LogP contribution in [-0.4, -0.2) is 6.61 Å². The van der Waals surface area contributed by atoms with Crippen LogP contribution in [0.25, 0.3) is 0 Å². The van der Waals surface area contributed by atoms with Crippen LogP contribution in [0.3, 0.4) is 0 Å². The highest BCUT2D eigenvalue weighted by Gasteiger charge is 2.10. The van der Waals surface area contributed by atoms with E-state index in [2.05, 4.69) is 20.8 Å². The Hall–Kier alpha value is -0.0400. The first kappa shape index (κ1) is 11.0. The molecule has 0 aromatic carbocycles. The summed E-state index contributed by atoms with van der Waals surface area (Å²) in [6.07, 6.45) is 4.54. The molecule has 0 spiro atoms. The molecule has 0 aromatic rings. The van der Waals surface area contributed by atoms with Gasteiger partial charge in [-0.3, -0.25) is 0 Å². The fourth-order valence-electron chi connectivity index (χ4n) is 1.53. The molecule has 11 heavy (non-hydrogen) atoms. The average Bonchev–Trinajstić information content (AvgIpc) is 1.97. The van der Waals surface area contributed by atoms with Gasteiger partial charge in [0.15, 0.2) is 0 Å². The van der Waals surface area contributed by atoms with Gasteiger partial charge in [0, 0.05) is 0 Å². The predicted molar refractivity (Wildman–Crippen MR) is 48.0 cm³/mol. The summed E-state index contributed by atoms with van der Waals surface area (Å²) in [5.74, 6) is 1.54. The molecule has 0 bridgehead atoms. The van der Waals surface area contributed by atoms with Crippen LogP contribution in [0.2, 0.25) is 0 Å². The van der Waals surface area contributed by atoms with Crippen LogP contribution < -0.4 is 0 Å². The van der Waals surface area contributed by atoms with E-state index in [1.165, 1.54) is 12.8 Å². The largest absolute Gasteiger partial charge is 0.237 e. The minimum absolute atomic E-state index is 0.104. The Balaban J connectivity index is 3.51. The topological polar surface area (TPSA) is 19.9 Å². The zero-order valence-electron chi connectivity index (χ0n) is 8.10. The zero-order valence-corrected chi connectivity index (χ0v) is 8.10. The average molecular weight is 157 g/mol. The van der Waals surface area contributed by atoms with Crippen molar-refractivity contribution in [2.24, 2.45) is 11.8 Å². The van der Waals surface area contributed by atoms with E-state index in [0.29, 0.717) is 0 Å². The summed E-state index contributed by atoms with van der Waals surface area (Å²) in [4.78, 5) is 0. The van der Waals surface area contributed by atoms with Crippen LogP contribution >= 0.6 is 0 Å². The molecule has 0 aliphatic rings.